The number of nitrogens with two attached hydrogens (primary N) is 1. The smallest absolute Gasteiger partial charge is 0.253 e. The van der Waals surface area contributed by atoms with Crippen LogP contribution in [0.1, 0.15) is 37.7 Å². The summed E-state index contributed by atoms with van der Waals surface area (Å²) >= 11 is 0. The second-order valence-electron chi connectivity index (χ2n) is 10.4. The Hall–Kier alpha value is -4.43. The number of piperazine rings is 1. The summed E-state index contributed by atoms with van der Waals surface area (Å²) < 4.78 is 7.63. The molecular formula is C31H31N5O3. The molecule has 0 unspecified atom stereocenters. The van der Waals surface area contributed by atoms with Crippen molar-refractivity contribution in [2.75, 3.05) is 33.2 Å². The lowest BCUT2D eigenvalue weighted by Gasteiger charge is -2.32. The summed E-state index contributed by atoms with van der Waals surface area (Å²) in [7, 11) is 2.07. The maximum Gasteiger partial charge on any atom is 0.253 e. The molecule has 1 aliphatic heterocycles. The van der Waals surface area contributed by atoms with Crippen molar-refractivity contribution in [1.29, 1.82) is 0 Å². The summed E-state index contributed by atoms with van der Waals surface area (Å²) in [6.07, 6.45) is 0. The molecule has 3 heterocycles. The molecule has 39 heavy (non-hydrogen) atoms. The monoisotopic (exact) mass is 521 g/mol. The van der Waals surface area contributed by atoms with Gasteiger partial charge in [-0.25, -0.2) is 0 Å². The second kappa shape index (κ2) is 9.71. The molecule has 1 saturated heterocycles. The molecule has 0 spiro atoms. The highest BCUT2D eigenvalue weighted by Gasteiger charge is 2.24. The molecule has 0 aliphatic carbocycles. The Morgan fingerprint density at radius 3 is 2.36 bits per heavy atom. The zero-order valence-corrected chi connectivity index (χ0v) is 22.4. The molecule has 2 amide bonds. The Balaban J connectivity index is 1.60. The molecule has 1 aliphatic rings. The second-order valence-corrected chi connectivity index (χ2v) is 10.4. The molecular weight excluding hydrogens is 490 g/mol. The van der Waals surface area contributed by atoms with Gasteiger partial charge in [0.2, 0.25) is 5.91 Å². The largest absolute Gasteiger partial charge is 0.366 e. The molecule has 2 aromatic heterocycles. The highest BCUT2D eigenvalue weighted by atomic mass is 16.5. The molecule has 0 atom stereocenters. The van der Waals surface area contributed by atoms with E-state index in [1.54, 1.807) is 0 Å². The zero-order valence-electron chi connectivity index (χ0n) is 22.4. The maximum atomic E-state index is 13.5. The van der Waals surface area contributed by atoms with Crippen molar-refractivity contribution >= 4 is 33.6 Å². The van der Waals surface area contributed by atoms with E-state index in [0.717, 1.165) is 57.3 Å². The molecule has 1 fully saturated rings. The van der Waals surface area contributed by atoms with Crippen LogP contribution in [0.3, 0.4) is 0 Å². The predicted molar refractivity (Wildman–Crippen MR) is 152 cm³/mol. The molecule has 3 aromatic carbocycles. The quantitative estimate of drug-likeness (QED) is 0.365. The van der Waals surface area contributed by atoms with E-state index in [1.165, 1.54) is 0 Å². The first-order valence-corrected chi connectivity index (χ1v) is 13.2. The van der Waals surface area contributed by atoms with Gasteiger partial charge in [-0.3, -0.25) is 9.59 Å². The van der Waals surface area contributed by atoms with Crippen LogP contribution in [0, 0.1) is 13.8 Å². The summed E-state index contributed by atoms with van der Waals surface area (Å²) in [6.45, 7) is 7.42. The van der Waals surface area contributed by atoms with Crippen LogP contribution in [-0.4, -0.2) is 64.6 Å². The van der Waals surface area contributed by atoms with Gasteiger partial charge in [0.05, 0.1) is 11.2 Å². The Kier molecular flexibility index (Phi) is 6.19. The molecule has 2 N–H and O–H groups in total. The van der Waals surface area contributed by atoms with E-state index in [1.807, 2.05) is 61.2 Å². The van der Waals surface area contributed by atoms with E-state index in [-0.39, 0.29) is 5.91 Å². The third kappa shape index (κ3) is 4.36. The average Bonchev–Trinajstić information content (AvgIpc) is 3.44. The van der Waals surface area contributed by atoms with Gasteiger partial charge in [0, 0.05) is 65.7 Å². The number of carbonyl (C=O) groups excluding carboxylic acids is 2. The van der Waals surface area contributed by atoms with Gasteiger partial charge in [-0.2, -0.15) is 0 Å². The van der Waals surface area contributed by atoms with Crippen LogP contribution in [0.4, 0.5) is 0 Å². The molecule has 6 rings (SSSR count). The van der Waals surface area contributed by atoms with E-state index < -0.39 is 5.91 Å². The first-order valence-electron chi connectivity index (χ1n) is 13.2. The number of amides is 2. The predicted octanol–water partition coefficient (Wildman–Crippen LogP) is 4.60. The van der Waals surface area contributed by atoms with Crippen molar-refractivity contribution in [2.24, 2.45) is 5.73 Å². The standard InChI is InChI=1S/C31H31N5O3/c1-19-28(20(2)39-33-19)23-16-25(30(32)37)29-24-15-22(31(38)35-13-11-34(3)12-14-35)9-10-26(24)36(27(29)17-23)18-21-7-5-4-6-8-21/h4-10,15-17H,11-14,18H2,1-3H3,(H2,32,37). The summed E-state index contributed by atoms with van der Waals surface area (Å²) in [5.74, 6) is 0.151. The topological polar surface area (TPSA) is 97.6 Å². The maximum absolute atomic E-state index is 13.5. The fraction of sp³-hybridized carbons (Fsp3) is 0.258. The number of likely N-dealkylation sites (N-methyl/N-ethyl adjacent to an activating group) is 1. The number of rotatable bonds is 5. The summed E-state index contributed by atoms with van der Waals surface area (Å²) in [6, 6.07) is 19.9. The molecule has 0 saturated carbocycles. The Labute approximate surface area is 226 Å². The van der Waals surface area contributed by atoms with E-state index in [9.17, 15) is 9.59 Å². The SMILES string of the molecule is Cc1noc(C)c1-c1cc(C(N)=O)c2c3cc(C(=O)N4CCN(C)CC4)ccc3n(Cc3ccccc3)c2c1. The van der Waals surface area contributed by atoms with Crippen molar-refractivity contribution in [3.8, 4) is 11.1 Å². The first-order chi connectivity index (χ1) is 18.8. The van der Waals surface area contributed by atoms with Gasteiger partial charge in [0.15, 0.2) is 0 Å². The van der Waals surface area contributed by atoms with Gasteiger partial charge in [0.1, 0.15) is 5.76 Å². The minimum atomic E-state index is -0.525. The van der Waals surface area contributed by atoms with Crippen LogP contribution in [0.2, 0.25) is 0 Å². The molecule has 198 valence electrons. The Bertz CT molecular complexity index is 1710. The lowest BCUT2D eigenvalue weighted by atomic mass is 9.97. The van der Waals surface area contributed by atoms with Crippen molar-refractivity contribution in [1.82, 2.24) is 19.5 Å². The number of benzene rings is 3. The van der Waals surface area contributed by atoms with Crippen molar-refractivity contribution in [3.05, 3.63) is 88.8 Å². The van der Waals surface area contributed by atoms with Crippen LogP contribution < -0.4 is 5.73 Å². The number of hydrogen-bond acceptors (Lipinski definition) is 5. The lowest BCUT2D eigenvalue weighted by Crippen LogP contribution is -2.47. The average molecular weight is 522 g/mol. The lowest BCUT2D eigenvalue weighted by molar-refractivity contribution is 0.0664. The van der Waals surface area contributed by atoms with Gasteiger partial charge >= 0.3 is 0 Å². The van der Waals surface area contributed by atoms with E-state index in [4.69, 9.17) is 10.3 Å². The number of aryl methyl sites for hydroxylation is 2. The molecule has 0 bridgehead atoms. The number of aromatic nitrogens is 2. The highest BCUT2D eigenvalue weighted by molar-refractivity contribution is 6.20. The first kappa shape index (κ1) is 24.9. The highest BCUT2D eigenvalue weighted by Crippen LogP contribution is 2.38. The number of hydrogen-bond donors (Lipinski definition) is 1. The molecule has 8 heteroatoms. The Morgan fingerprint density at radius 1 is 0.949 bits per heavy atom. The number of carbonyl (C=O) groups is 2. The third-order valence-electron chi connectivity index (χ3n) is 7.77. The van der Waals surface area contributed by atoms with Gasteiger partial charge in [-0.05, 0) is 62.4 Å². The molecule has 0 radical (unpaired) electrons. The van der Waals surface area contributed by atoms with Crippen LogP contribution in [0.15, 0.2) is 65.2 Å². The number of fused-ring (bicyclic) bond motifs is 3. The van der Waals surface area contributed by atoms with Crippen LogP contribution in [0.25, 0.3) is 32.9 Å². The normalized spacial score (nSPS) is 14.4. The fourth-order valence-electron chi connectivity index (χ4n) is 5.72. The molecule has 8 nitrogen and oxygen atoms in total. The summed E-state index contributed by atoms with van der Waals surface area (Å²) in [5.41, 5.74) is 12.3. The summed E-state index contributed by atoms with van der Waals surface area (Å²) in [4.78, 5) is 30.5. The van der Waals surface area contributed by atoms with Gasteiger partial charge < -0.3 is 24.6 Å². The van der Waals surface area contributed by atoms with Gasteiger partial charge in [0.25, 0.3) is 5.91 Å². The zero-order chi connectivity index (χ0) is 27.3. The van der Waals surface area contributed by atoms with Crippen molar-refractivity contribution < 1.29 is 14.1 Å². The Morgan fingerprint density at radius 2 is 1.69 bits per heavy atom. The molecule has 5 aromatic rings. The van der Waals surface area contributed by atoms with E-state index in [0.29, 0.717) is 36.5 Å². The third-order valence-corrected chi connectivity index (χ3v) is 7.77. The van der Waals surface area contributed by atoms with Gasteiger partial charge in [-0.15, -0.1) is 0 Å². The van der Waals surface area contributed by atoms with Crippen LogP contribution in [-0.2, 0) is 6.54 Å². The van der Waals surface area contributed by atoms with Crippen molar-refractivity contribution in [2.45, 2.75) is 20.4 Å². The van der Waals surface area contributed by atoms with Gasteiger partial charge in [-0.1, -0.05) is 35.5 Å². The van der Waals surface area contributed by atoms with Crippen LogP contribution in [0.5, 0.6) is 0 Å². The minimum absolute atomic E-state index is 0.00178. The van der Waals surface area contributed by atoms with E-state index >= 15 is 0 Å². The minimum Gasteiger partial charge on any atom is -0.366 e. The number of nitrogens with zero attached hydrogens (tertiary/aromatic N) is 4. The summed E-state index contributed by atoms with van der Waals surface area (Å²) in [5, 5.41) is 5.70. The fourth-order valence-corrected chi connectivity index (χ4v) is 5.72. The van der Waals surface area contributed by atoms with Crippen LogP contribution >= 0.6 is 0 Å². The van der Waals surface area contributed by atoms with Crippen molar-refractivity contribution in [3.63, 3.8) is 0 Å². The number of primary amides is 1. The van der Waals surface area contributed by atoms with E-state index in [2.05, 4.69) is 39.9 Å².